The molecule has 1 radical (unpaired) electrons. The lowest BCUT2D eigenvalue weighted by atomic mass is 10.2. The summed E-state index contributed by atoms with van der Waals surface area (Å²) in [7, 11) is 0. The summed E-state index contributed by atoms with van der Waals surface area (Å²) in [6, 6.07) is 0. The highest BCUT2D eigenvalue weighted by Crippen LogP contribution is 2.06. The van der Waals surface area contributed by atoms with Crippen molar-refractivity contribution in [1.29, 1.82) is 0 Å². The van der Waals surface area contributed by atoms with Gasteiger partial charge in [0.05, 0.1) is 6.10 Å². The molecule has 0 amide bonds. The highest BCUT2D eigenvalue weighted by atomic mass is 32.2. The molecule has 0 bridgehead atoms. The minimum atomic E-state index is -0.479. The van der Waals surface area contributed by atoms with E-state index in [4.69, 9.17) is 5.11 Å². The Morgan fingerprint density at radius 1 is 1.80 bits per heavy atom. The van der Waals surface area contributed by atoms with E-state index in [-0.39, 0.29) is 5.12 Å². The van der Waals surface area contributed by atoms with Gasteiger partial charge >= 0.3 is 0 Å². The minimum absolute atomic E-state index is 0.138. The van der Waals surface area contributed by atoms with E-state index in [0.717, 1.165) is 12.2 Å². The van der Waals surface area contributed by atoms with Crippen LogP contribution in [0.25, 0.3) is 0 Å². The smallest absolute Gasteiger partial charge is 0.185 e. The summed E-state index contributed by atoms with van der Waals surface area (Å²) in [5.74, 6) is 0.794. The summed E-state index contributed by atoms with van der Waals surface area (Å²) in [4.78, 5) is 10.4. The number of thioether (sulfide) groups is 1. The van der Waals surface area contributed by atoms with Gasteiger partial charge in [0.1, 0.15) is 0 Å². The van der Waals surface area contributed by atoms with Crippen molar-refractivity contribution in [3.05, 3.63) is 6.92 Å². The summed E-state index contributed by atoms with van der Waals surface area (Å²) < 4.78 is 0. The predicted octanol–water partition coefficient (Wildman–Crippen LogP) is 1.24. The first-order valence-electron chi connectivity index (χ1n) is 3.27. The molecule has 3 heteroatoms. The third kappa shape index (κ3) is 7.98. The number of hydrogen-bond donors (Lipinski definition) is 1. The molecule has 0 saturated carbocycles. The van der Waals surface area contributed by atoms with E-state index in [1.165, 1.54) is 11.8 Å². The first kappa shape index (κ1) is 9.98. The van der Waals surface area contributed by atoms with Gasteiger partial charge in [0, 0.05) is 12.7 Å². The fourth-order valence-electron chi connectivity index (χ4n) is 0.535. The van der Waals surface area contributed by atoms with E-state index in [1.54, 1.807) is 6.92 Å². The normalized spacial score (nSPS) is 13.1. The lowest BCUT2D eigenvalue weighted by Crippen LogP contribution is -2.00. The van der Waals surface area contributed by atoms with Crippen molar-refractivity contribution in [1.82, 2.24) is 0 Å². The molecule has 1 atom stereocenters. The Morgan fingerprint density at radius 3 is 2.80 bits per heavy atom. The Balaban J connectivity index is 2.98. The Labute approximate surface area is 66.0 Å². The van der Waals surface area contributed by atoms with Crippen LogP contribution in [0, 0.1) is 6.92 Å². The van der Waals surface area contributed by atoms with Crippen molar-refractivity contribution in [3.8, 4) is 0 Å². The standard InChI is InChI=1S/C7H13O2S/c1-6(8)4-3-5-10-7(2)9/h6,8H,1,3-5H2,2H3. The number of carbonyl (C=O) groups excluding carboxylic acids is 1. The van der Waals surface area contributed by atoms with Crippen LogP contribution < -0.4 is 0 Å². The molecule has 59 valence electrons. The molecule has 0 aliphatic rings. The molecule has 1 N–H and O–H groups in total. The van der Waals surface area contributed by atoms with Gasteiger partial charge in [-0.1, -0.05) is 11.8 Å². The van der Waals surface area contributed by atoms with Gasteiger partial charge in [-0.2, -0.15) is 0 Å². The van der Waals surface area contributed by atoms with Crippen molar-refractivity contribution < 1.29 is 9.90 Å². The second kappa shape index (κ2) is 5.74. The molecule has 0 aliphatic carbocycles. The van der Waals surface area contributed by atoms with Crippen LogP contribution in [0.2, 0.25) is 0 Å². The van der Waals surface area contributed by atoms with Gasteiger partial charge in [-0.3, -0.25) is 4.79 Å². The lowest BCUT2D eigenvalue weighted by Gasteiger charge is -2.00. The van der Waals surface area contributed by atoms with Gasteiger partial charge in [-0.05, 0) is 19.8 Å². The van der Waals surface area contributed by atoms with Crippen LogP contribution in [-0.2, 0) is 4.79 Å². The van der Waals surface area contributed by atoms with E-state index in [0.29, 0.717) is 6.42 Å². The summed E-state index contributed by atoms with van der Waals surface area (Å²) in [5.41, 5.74) is 0. The molecule has 0 spiro atoms. The molecule has 0 aromatic carbocycles. The maximum Gasteiger partial charge on any atom is 0.185 e. The molecule has 0 aliphatic heterocycles. The molecule has 10 heavy (non-hydrogen) atoms. The van der Waals surface area contributed by atoms with Gasteiger partial charge in [0.15, 0.2) is 5.12 Å². The summed E-state index contributed by atoms with van der Waals surface area (Å²) in [5, 5.41) is 8.85. The van der Waals surface area contributed by atoms with Crippen LogP contribution in [0.3, 0.4) is 0 Å². The van der Waals surface area contributed by atoms with Crippen LogP contribution >= 0.6 is 11.8 Å². The van der Waals surface area contributed by atoms with Gasteiger partial charge in [0.25, 0.3) is 0 Å². The van der Waals surface area contributed by atoms with Crippen LogP contribution in [0.5, 0.6) is 0 Å². The van der Waals surface area contributed by atoms with Crippen molar-refractivity contribution in [3.63, 3.8) is 0 Å². The number of rotatable bonds is 4. The maximum absolute atomic E-state index is 10.4. The van der Waals surface area contributed by atoms with Crippen molar-refractivity contribution in [2.75, 3.05) is 5.75 Å². The van der Waals surface area contributed by atoms with Crippen molar-refractivity contribution >= 4 is 16.9 Å². The quantitative estimate of drug-likeness (QED) is 0.630. The Kier molecular flexibility index (Phi) is 5.73. The van der Waals surface area contributed by atoms with Crippen LogP contribution in [-0.4, -0.2) is 22.1 Å². The molecular weight excluding hydrogens is 148 g/mol. The first-order chi connectivity index (χ1) is 4.63. The van der Waals surface area contributed by atoms with E-state index < -0.39 is 6.10 Å². The fraction of sp³-hybridized carbons (Fsp3) is 0.714. The number of hydrogen-bond acceptors (Lipinski definition) is 3. The zero-order valence-electron chi connectivity index (χ0n) is 6.17. The molecule has 0 saturated heterocycles. The Bertz CT molecular complexity index is 102. The minimum Gasteiger partial charge on any atom is -0.393 e. The summed E-state index contributed by atoms with van der Waals surface area (Å²) >= 11 is 1.30. The molecule has 0 heterocycles. The lowest BCUT2D eigenvalue weighted by molar-refractivity contribution is -0.109. The first-order valence-corrected chi connectivity index (χ1v) is 4.26. The molecule has 0 aromatic heterocycles. The van der Waals surface area contributed by atoms with Gasteiger partial charge in [-0.15, -0.1) is 0 Å². The number of carbonyl (C=O) groups is 1. The van der Waals surface area contributed by atoms with E-state index in [2.05, 4.69) is 6.92 Å². The topological polar surface area (TPSA) is 37.3 Å². The summed E-state index contributed by atoms with van der Waals surface area (Å²) in [6.45, 7) is 4.96. The Morgan fingerprint density at radius 2 is 2.40 bits per heavy atom. The van der Waals surface area contributed by atoms with Crippen LogP contribution in [0.15, 0.2) is 0 Å². The third-order valence-electron chi connectivity index (χ3n) is 0.987. The SMILES string of the molecule is [CH2]C(O)CCCSC(C)=O. The summed E-state index contributed by atoms with van der Waals surface area (Å²) in [6.07, 6.45) is 1.06. The number of aliphatic hydroxyl groups excluding tert-OH is 1. The van der Waals surface area contributed by atoms with Gasteiger partial charge in [-0.25, -0.2) is 0 Å². The molecule has 2 nitrogen and oxygen atoms in total. The molecular formula is C7H13O2S. The fourth-order valence-corrected chi connectivity index (χ4v) is 1.13. The van der Waals surface area contributed by atoms with Crippen molar-refractivity contribution in [2.45, 2.75) is 25.9 Å². The Hall–Kier alpha value is -0.0200. The van der Waals surface area contributed by atoms with E-state index >= 15 is 0 Å². The highest BCUT2D eigenvalue weighted by molar-refractivity contribution is 8.13. The van der Waals surface area contributed by atoms with Crippen molar-refractivity contribution in [2.24, 2.45) is 0 Å². The molecule has 1 unspecified atom stereocenters. The molecule has 0 aromatic rings. The third-order valence-corrected chi connectivity index (χ3v) is 1.89. The second-order valence-electron chi connectivity index (χ2n) is 2.14. The largest absolute Gasteiger partial charge is 0.393 e. The monoisotopic (exact) mass is 161 g/mol. The zero-order chi connectivity index (χ0) is 7.98. The average Bonchev–Trinajstić information content (AvgIpc) is 1.79. The highest BCUT2D eigenvalue weighted by Gasteiger charge is 1.97. The van der Waals surface area contributed by atoms with Gasteiger partial charge in [0.2, 0.25) is 0 Å². The van der Waals surface area contributed by atoms with Crippen LogP contribution in [0.4, 0.5) is 0 Å². The average molecular weight is 161 g/mol. The molecule has 0 fully saturated rings. The van der Waals surface area contributed by atoms with E-state index in [1.807, 2.05) is 0 Å². The van der Waals surface area contributed by atoms with Crippen LogP contribution in [0.1, 0.15) is 19.8 Å². The second-order valence-corrected chi connectivity index (χ2v) is 3.41. The molecule has 0 rings (SSSR count). The van der Waals surface area contributed by atoms with E-state index in [9.17, 15) is 4.79 Å². The zero-order valence-corrected chi connectivity index (χ0v) is 6.99. The van der Waals surface area contributed by atoms with Gasteiger partial charge < -0.3 is 5.11 Å². The number of aliphatic hydroxyl groups is 1. The predicted molar refractivity (Wildman–Crippen MR) is 43.7 cm³/mol. The maximum atomic E-state index is 10.4.